The van der Waals surface area contributed by atoms with Crippen molar-refractivity contribution >= 4 is 5.91 Å². The first-order chi connectivity index (χ1) is 19.7. The van der Waals surface area contributed by atoms with Crippen molar-refractivity contribution < 1.29 is 23.4 Å². The molecule has 4 aromatic rings. The summed E-state index contributed by atoms with van der Waals surface area (Å²) >= 11 is 0. The molecule has 0 bridgehead atoms. The molecule has 41 heavy (non-hydrogen) atoms. The molecular weight excluding hydrogens is 526 g/mol. The van der Waals surface area contributed by atoms with Crippen molar-refractivity contribution in [1.29, 1.82) is 0 Å². The third kappa shape index (κ3) is 6.47. The molecule has 0 radical (unpaired) electrons. The van der Waals surface area contributed by atoms with E-state index in [1.165, 1.54) is 0 Å². The number of aromatic nitrogens is 2. The zero-order valence-electron chi connectivity index (χ0n) is 23.1. The van der Waals surface area contributed by atoms with E-state index >= 15 is 0 Å². The molecule has 5 rings (SSSR count). The topological polar surface area (TPSA) is 88.4 Å². The maximum absolute atomic E-state index is 14.9. The summed E-state index contributed by atoms with van der Waals surface area (Å²) in [4.78, 5) is 18.6. The van der Waals surface area contributed by atoms with Crippen molar-refractivity contribution in [3.8, 4) is 17.0 Å². The Morgan fingerprint density at radius 1 is 1.12 bits per heavy atom. The minimum absolute atomic E-state index is 0.0147. The summed E-state index contributed by atoms with van der Waals surface area (Å²) in [5.74, 6) is -0.610. The number of benzene rings is 3. The number of hydrogen-bond donors (Lipinski definition) is 3. The van der Waals surface area contributed by atoms with Crippen LogP contribution in [0.2, 0.25) is 0 Å². The Morgan fingerprint density at radius 2 is 1.85 bits per heavy atom. The summed E-state index contributed by atoms with van der Waals surface area (Å²) in [6.45, 7) is 5.55. The zero-order chi connectivity index (χ0) is 29.0. The van der Waals surface area contributed by atoms with Crippen molar-refractivity contribution in [3.63, 3.8) is 0 Å². The maximum atomic E-state index is 14.9. The van der Waals surface area contributed by atoms with Gasteiger partial charge in [0.1, 0.15) is 29.3 Å². The van der Waals surface area contributed by atoms with Gasteiger partial charge in [0.25, 0.3) is 5.91 Å². The van der Waals surface area contributed by atoms with Gasteiger partial charge in [0, 0.05) is 38.0 Å². The second-order valence-electron chi connectivity index (χ2n) is 11.0. The fourth-order valence-electron chi connectivity index (χ4n) is 4.92. The van der Waals surface area contributed by atoms with Gasteiger partial charge in [-0.15, -0.1) is 0 Å². The molecule has 214 valence electrons. The minimum Gasteiger partial charge on any atom is -0.487 e. The van der Waals surface area contributed by atoms with Crippen LogP contribution in [0.25, 0.3) is 11.3 Å². The van der Waals surface area contributed by atoms with Gasteiger partial charge in [-0.2, -0.15) is 0 Å². The minimum atomic E-state index is -0.699. The molecule has 1 aliphatic heterocycles. The molecule has 3 N–H and O–H groups in total. The van der Waals surface area contributed by atoms with Gasteiger partial charge in [-0.25, -0.2) is 13.8 Å². The van der Waals surface area contributed by atoms with Crippen molar-refractivity contribution in [1.82, 2.24) is 20.2 Å². The first-order valence-electron chi connectivity index (χ1n) is 13.7. The number of hydrogen-bond acceptors (Lipinski definition) is 5. The van der Waals surface area contributed by atoms with Gasteiger partial charge in [0.2, 0.25) is 0 Å². The number of carbonyl (C=O) groups is 1. The highest BCUT2D eigenvalue weighted by molar-refractivity contribution is 5.97. The predicted octanol–water partition coefficient (Wildman–Crippen LogP) is 5.11. The SMILES string of the molecule is CC(C)(CCO)[C@@H](NC(=O)c1ccccc1OC1CNC1)c1nc(-c2cc(F)ccc2F)cn1Cc1ccccc1. The molecule has 7 nitrogen and oxygen atoms in total. The number of amides is 1. The number of para-hydroxylation sites is 1. The van der Waals surface area contributed by atoms with Crippen molar-refractivity contribution in [2.45, 2.75) is 39.0 Å². The zero-order valence-corrected chi connectivity index (χ0v) is 23.1. The van der Waals surface area contributed by atoms with Gasteiger partial charge in [-0.05, 0) is 47.7 Å². The lowest BCUT2D eigenvalue weighted by atomic mass is 9.80. The smallest absolute Gasteiger partial charge is 0.255 e. The summed E-state index contributed by atoms with van der Waals surface area (Å²) in [5, 5.41) is 16.2. The summed E-state index contributed by atoms with van der Waals surface area (Å²) in [5.41, 5.74) is 0.941. The second kappa shape index (κ2) is 12.2. The van der Waals surface area contributed by atoms with E-state index < -0.39 is 23.1 Å². The molecule has 0 aliphatic carbocycles. The molecule has 1 fully saturated rings. The molecule has 2 heterocycles. The Hall–Kier alpha value is -4.08. The number of ether oxygens (including phenoxy) is 1. The summed E-state index contributed by atoms with van der Waals surface area (Å²) in [7, 11) is 0. The Kier molecular flexibility index (Phi) is 8.46. The van der Waals surface area contributed by atoms with E-state index in [2.05, 4.69) is 10.6 Å². The Balaban J connectivity index is 1.57. The highest BCUT2D eigenvalue weighted by Gasteiger charge is 2.36. The summed E-state index contributed by atoms with van der Waals surface area (Å²) in [6.07, 6.45) is 2.01. The van der Waals surface area contributed by atoms with Gasteiger partial charge >= 0.3 is 0 Å². The van der Waals surface area contributed by atoms with Crippen molar-refractivity contribution in [3.05, 3.63) is 108 Å². The molecule has 1 aliphatic rings. The van der Waals surface area contributed by atoms with Gasteiger partial charge in [-0.1, -0.05) is 56.3 Å². The van der Waals surface area contributed by atoms with Crippen LogP contribution in [0.1, 0.15) is 48.1 Å². The fourth-order valence-corrected chi connectivity index (χ4v) is 4.92. The number of halogens is 2. The Bertz CT molecular complexity index is 1500. The number of imidazole rings is 1. The lowest BCUT2D eigenvalue weighted by molar-refractivity contribution is 0.0847. The number of aliphatic hydroxyl groups excluding tert-OH is 1. The van der Waals surface area contributed by atoms with Crippen LogP contribution in [0.3, 0.4) is 0 Å². The van der Waals surface area contributed by atoms with Gasteiger partial charge in [0.05, 0.1) is 17.3 Å². The lowest BCUT2D eigenvalue weighted by Gasteiger charge is -2.35. The van der Waals surface area contributed by atoms with E-state index in [0.717, 1.165) is 23.8 Å². The van der Waals surface area contributed by atoms with Crippen LogP contribution in [0.4, 0.5) is 8.78 Å². The summed E-state index contributed by atoms with van der Waals surface area (Å²) < 4.78 is 36.9. The molecule has 1 aromatic heterocycles. The van der Waals surface area contributed by atoms with Crippen LogP contribution in [0.15, 0.2) is 79.0 Å². The molecule has 0 spiro atoms. The monoisotopic (exact) mass is 560 g/mol. The molecule has 1 amide bonds. The second-order valence-corrected chi connectivity index (χ2v) is 11.0. The number of nitrogens with zero attached hydrogens (tertiary/aromatic N) is 2. The molecule has 3 aromatic carbocycles. The highest BCUT2D eigenvalue weighted by atomic mass is 19.1. The standard InChI is InChI=1S/C32H34F2N4O3/c1-32(2,14-15-39)29(37-31(40)24-10-6-7-11-28(24)41-23-17-35-18-23)30-36-27(25-16-22(33)12-13-26(25)34)20-38(30)19-21-8-4-3-5-9-21/h3-13,16,20,23,29,35,39H,14-15,17-19H2,1-2H3,(H,37,40)/t29-/m0/s1. The Labute approximate surface area is 238 Å². The van der Waals surface area contributed by atoms with Crippen molar-refractivity contribution in [2.75, 3.05) is 19.7 Å². The van der Waals surface area contributed by atoms with Gasteiger partial charge < -0.3 is 25.0 Å². The van der Waals surface area contributed by atoms with Gasteiger partial charge in [0.15, 0.2) is 0 Å². The molecule has 1 saturated heterocycles. The first kappa shape index (κ1) is 28.4. The van der Waals surface area contributed by atoms with Crippen LogP contribution in [0, 0.1) is 17.0 Å². The first-order valence-corrected chi connectivity index (χ1v) is 13.7. The molecule has 1 atom stereocenters. The molecule has 0 unspecified atom stereocenters. The van der Waals surface area contributed by atoms with Crippen LogP contribution < -0.4 is 15.4 Å². The fraction of sp³-hybridized carbons (Fsp3) is 0.312. The predicted molar refractivity (Wildman–Crippen MR) is 153 cm³/mol. The van der Waals surface area contributed by atoms with Crippen LogP contribution in [0.5, 0.6) is 5.75 Å². The number of aliphatic hydroxyl groups is 1. The molecule has 0 saturated carbocycles. The third-order valence-corrected chi connectivity index (χ3v) is 7.45. The average Bonchev–Trinajstić information content (AvgIpc) is 3.34. The van der Waals surface area contributed by atoms with Crippen LogP contribution in [-0.2, 0) is 6.54 Å². The highest BCUT2D eigenvalue weighted by Crippen LogP contribution is 2.38. The Morgan fingerprint density at radius 3 is 2.56 bits per heavy atom. The van der Waals surface area contributed by atoms with E-state index in [9.17, 15) is 18.7 Å². The number of nitrogens with one attached hydrogen (secondary N) is 2. The number of rotatable bonds is 11. The third-order valence-electron chi connectivity index (χ3n) is 7.45. The normalized spacial score (nSPS) is 14.4. The average molecular weight is 561 g/mol. The van der Waals surface area contributed by atoms with Crippen LogP contribution in [-0.4, -0.2) is 46.4 Å². The van der Waals surface area contributed by atoms with E-state index in [0.29, 0.717) is 43.2 Å². The van der Waals surface area contributed by atoms with Gasteiger partial charge in [-0.3, -0.25) is 4.79 Å². The summed E-state index contributed by atoms with van der Waals surface area (Å²) in [6, 6.07) is 19.3. The van der Waals surface area contributed by atoms with E-state index in [1.807, 2.05) is 54.8 Å². The van der Waals surface area contributed by atoms with E-state index in [1.54, 1.807) is 24.4 Å². The quantitative estimate of drug-likeness (QED) is 0.237. The lowest BCUT2D eigenvalue weighted by Crippen LogP contribution is -2.50. The largest absolute Gasteiger partial charge is 0.487 e. The van der Waals surface area contributed by atoms with Crippen LogP contribution >= 0.6 is 0 Å². The molecule has 9 heteroatoms. The van der Waals surface area contributed by atoms with Crippen molar-refractivity contribution in [2.24, 2.45) is 5.41 Å². The molecular formula is C32H34F2N4O3. The number of carbonyl (C=O) groups excluding carboxylic acids is 1. The maximum Gasteiger partial charge on any atom is 0.255 e. The van der Waals surface area contributed by atoms with E-state index in [4.69, 9.17) is 9.72 Å². The van der Waals surface area contributed by atoms with E-state index in [-0.39, 0.29) is 29.9 Å².